The van der Waals surface area contributed by atoms with Gasteiger partial charge in [0.15, 0.2) is 9.84 Å². The Morgan fingerprint density at radius 3 is 2.33 bits per heavy atom. The van der Waals surface area contributed by atoms with Crippen LogP contribution in [-0.4, -0.2) is 18.2 Å². The fourth-order valence-electron chi connectivity index (χ4n) is 4.19. The number of hydrogen-bond acceptors (Lipinski definition) is 4. The van der Waals surface area contributed by atoms with Crippen molar-refractivity contribution in [1.29, 1.82) is 0 Å². The first-order valence-corrected chi connectivity index (χ1v) is 11.7. The number of rotatable bonds is 4. The molecule has 4 rings (SSSR count). The molecule has 30 heavy (non-hydrogen) atoms. The van der Waals surface area contributed by atoms with Gasteiger partial charge in [-0.05, 0) is 52.2 Å². The number of hydrogen-bond donors (Lipinski definition) is 1. The van der Waals surface area contributed by atoms with Gasteiger partial charge in [0.25, 0.3) is 0 Å². The number of nitrogens with zero attached hydrogens (tertiary/aromatic N) is 2. The van der Waals surface area contributed by atoms with Crippen LogP contribution in [0.1, 0.15) is 56.8 Å². The SMILES string of the molecule is Cc1ccc(C(C)(C)S(=O)(=O)c2cnn3c2NC(c2ccccc2)CC3(C)C)cc1. The lowest BCUT2D eigenvalue weighted by molar-refractivity contribution is 0.263. The van der Waals surface area contributed by atoms with Gasteiger partial charge in [0, 0.05) is 0 Å². The number of benzene rings is 2. The Kier molecular flexibility index (Phi) is 4.81. The molecule has 0 bridgehead atoms. The molecule has 1 unspecified atom stereocenters. The van der Waals surface area contributed by atoms with E-state index in [0.717, 1.165) is 23.1 Å². The normalized spacial score (nSPS) is 18.5. The van der Waals surface area contributed by atoms with Crippen LogP contribution in [-0.2, 0) is 20.1 Å². The van der Waals surface area contributed by atoms with Gasteiger partial charge in [-0.2, -0.15) is 5.10 Å². The van der Waals surface area contributed by atoms with E-state index in [1.165, 1.54) is 6.20 Å². The maximum absolute atomic E-state index is 13.8. The summed E-state index contributed by atoms with van der Waals surface area (Å²) in [5.74, 6) is 0.570. The van der Waals surface area contributed by atoms with Crippen molar-refractivity contribution in [1.82, 2.24) is 9.78 Å². The molecule has 2 aromatic carbocycles. The van der Waals surface area contributed by atoms with Gasteiger partial charge in [0.2, 0.25) is 0 Å². The minimum Gasteiger partial charge on any atom is -0.362 e. The molecule has 2 heterocycles. The van der Waals surface area contributed by atoms with Gasteiger partial charge in [0.1, 0.15) is 10.7 Å². The topological polar surface area (TPSA) is 64.0 Å². The van der Waals surface area contributed by atoms with E-state index in [1.54, 1.807) is 13.8 Å². The molecular weight excluding hydrogens is 394 g/mol. The molecule has 0 radical (unpaired) electrons. The second-order valence-electron chi connectivity index (χ2n) is 9.27. The van der Waals surface area contributed by atoms with Crippen molar-refractivity contribution in [3.05, 3.63) is 77.5 Å². The monoisotopic (exact) mass is 423 g/mol. The highest BCUT2D eigenvalue weighted by atomic mass is 32.2. The van der Waals surface area contributed by atoms with Crippen LogP contribution in [0.5, 0.6) is 0 Å². The van der Waals surface area contributed by atoms with Crippen molar-refractivity contribution >= 4 is 15.7 Å². The minimum atomic E-state index is -3.70. The van der Waals surface area contributed by atoms with Crippen LogP contribution in [0, 0.1) is 6.92 Å². The van der Waals surface area contributed by atoms with E-state index >= 15 is 0 Å². The average molecular weight is 424 g/mol. The summed E-state index contributed by atoms with van der Waals surface area (Å²) in [6.07, 6.45) is 2.31. The van der Waals surface area contributed by atoms with Gasteiger partial charge in [-0.15, -0.1) is 0 Å². The van der Waals surface area contributed by atoms with Gasteiger partial charge in [-0.25, -0.2) is 13.1 Å². The van der Waals surface area contributed by atoms with Gasteiger partial charge in [0.05, 0.1) is 22.5 Å². The lowest BCUT2D eigenvalue weighted by Gasteiger charge is -2.38. The summed E-state index contributed by atoms with van der Waals surface area (Å²) in [5.41, 5.74) is 2.69. The summed E-state index contributed by atoms with van der Waals surface area (Å²) in [5, 5.41) is 7.98. The number of sulfone groups is 1. The Morgan fingerprint density at radius 1 is 1.07 bits per heavy atom. The first-order valence-electron chi connectivity index (χ1n) is 10.3. The number of fused-ring (bicyclic) bond motifs is 1. The predicted molar refractivity (Wildman–Crippen MR) is 120 cm³/mol. The highest BCUT2D eigenvalue weighted by molar-refractivity contribution is 7.92. The molecule has 0 spiro atoms. The van der Waals surface area contributed by atoms with Crippen molar-refractivity contribution in [3.8, 4) is 0 Å². The Hall–Kier alpha value is -2.60. The first-order chi connectivity index (χ1) is 14.0. The Labute approximate surface area is 179 Å². The van der Waals surface area contributed by atoms with Crippen molar-refractivity contribution < 1.29 is 8.42 Å². The van der Waals surface area contributed by atoms with Gasteiger partial charge in [-0.1, -0.05) is 60.2 Å². The molecule has 1 aliphatic rings. The lowest BCUT2D eigenvalue weighted by atomic mass is 9.89. The molecule has 1 atom stereocenters. The number of aromatic nitrogens is 2. The number of nitrogens with one attached hydrogen (secondary N) is 1. The van der Waals surface area contributed by atoms with Crippen molar-refractivity contribution in [3.63, 3.8) is 0 Å². The summed E-state index contributed by atoms with van der Waals surface area (Å²) in [6, 6.07) is 17.9. The molecule has 0 saturated heterocycles. The summed E-state index contributed by atoms with van der Waals surface area (Å²) in [4.78, 5) is 0.252. The quantitative estimate of drug-likeness (QED) is 0.627. The molecule has 1 aliphatic heterocycles. The zero-order valence-electron chi connectivity index (χ0n) is 18.2. The number of aryl methyl sites for hydroxylation is 1. The van der Waals surface area contributed by atoms with E-state index in [4.69, 9.17) is 0 Å². The molecular formula is C24H29N3O2S. The summed E-state index contributed by atoms with van der Waals surface area (Å²) in [7, 11) is -3.70. The van der Waals surface area contributed by atoms with E-state index in [0.29, 0.717) is 5.82 Å². The zero-order valence-corrected chi connectivity index (χ0v) is 19.0. The van der Waals surface area contributed by atoms with Gasteiger partial charge in [-0.3, -0.25) is 0 Å². The maximum atomic E-state index is 13.8. The summed E-state index contributed by atoms with van der Waals surface area (Å²) in [6.45, 7) is 9.72. The van der Waals surface area contributed by atoms with E-state index in [9.17, 15) is 8.42 Å². The molecule has 0 aliphatic carbocycles. The zero-order chi connectivity index (χ0) is 21.7. The lowest BCUT2D eigenvalue weighted by Crippen LogP contribution is -2.38. The van der Waals surface area contributed by atoms with Crippen molar-refractivity contribution in [2.45, 2.75) is 62.3 Å². The van der Waals surface area contributed by atoms with Gasteiger partial charge < -0.3 is 5.32 Å². The molecule has 0 amide bonds. The average Bonchev–Trinajstić information content (AvgIpc) is 3.14. The molecule has 0 saturated carbocycles. The van der Waals surface area contributed by atoms with Crippen LogP contribution < -0.4 is 5.32 Å². The van der Waals surface area contributed by atoms with Crippen molar-refractivity contribution in [2.75, 3.05) is 5.32 Å². The Bertz CT molecular complexity index is 1160. The van der Waals surface area contributed by atoms with Crippen LogP contribution in [0.3, 0.4) is 0 Å². The molecule has 3 aromatic rings. The molecule has 1 aromatic heterocycles. The van der Waals surface area contributed by atoms with E-state index in [2.05, 4.69) is 36.4 Å². The predicted octanol–water partition coefficient (Wildman–Crippen LogP) is 5.19. The highest BCUT2D eigenvalue weighted by Crippen LogP contribution is 2.44. The Morgan fingerprint density at radius 2 is 1.70 bits per heavy atom. The third kappa shape index (κ3) is 3.23. The molecule has 158 valence electrons. The molecule has 5 nitrogen and oxygen atoms in total. The summed E-state index contributed by atoms with van der Waals surface area (Å²) < 4.78 is 28.4. The second-order valence-corrected chi connectivity index (χ2v) is 11.7. The number of anilines is 1. The van der Waals surface area contributed by atoms with Crippen LogP contribution >= 0.6 is 0 Å². The third-order valence-corrected chi connectivity index (χ3v) is 8.69. The maximum Gasteiger partial charge on any atom is 0.192 e. The molecule has 1 N–H and O–H groups in total. The largest absolute Gasteiger partial charge is 0.362 e. The fraction of sp³-hybridized carbons (Fsp3) is 0.375. The third-order valence-electron chi connectivity index (χ3n) is 6.23. The summed E-state index contributed by atoms with van der Waals surface area (Å²) >= 11 is 0. The molecule has 0 fully saturated rings. The van der Waals surface area contributed by atoms with Crippen LogP contribution in [0.25, 0.3) is 0 Å². The fourth-order valence-corrected chi connectivity index (χ4v) is 5.78. The van der Waals surface area contributed by atoms with Crippen LogP contribution in [0.15, 0.2) is 65.7 Å². The van der Waals surface area contributed by atoms with Crippen molar-refractivity contribution in [2.24, 2.45) is 0 Å². The van der Waals surface area contributed by atoms with Crippen LogP contribution in [0.4, 0.5) is 5.82 Å². The molecule has 6 heteroatoms. The van der Waals surface area contributed by atoms with E-state index < -0.39 is 14.6 Å². The van der Waals surface area contributed by atoms with Gasteiger partial charge >= 0.3 is 0 Å². The Balaban J connectivity index is 1.81. The van der Waals surface area contributed by atoms with Crippen LogP contribution in [0.2, 0.25) is 0 Å². The second kappa shape index (κ2) is 6.98. The minimum absolute atomic E-state index is 0.0156. The standard InChI is InChI=1S/C24H29N3O2S/c1-17-11-13-19(14-12-17)24(4,5)30(28,29)21-16-25-27-22(21)26-20(15-23(27,2)3)18-9-7-6-8-10-18/h6-14,16,20,26H,15H2,1-5H3. The van der Waals surface area contributed by atoms with E-state index in [-0.39, 0.29) is 16.5 Å². The van der Waals surface area contributed by atoms with E-state index in [1.807, 2.05) is 54.1 Å². The smallest absolute Gasteiger partial charge is 0.192 e. The highest BCUT2D eigenvalue weighted by Gasteiger charge is 2.44. The first kappa shape index (κ1) is 20.7.